The molecule has 1 aromatic carbocycles. The quantitative estimate of drug-likeness (QED) is 0.404. The minimum absolute atomic E-state index is 0.0159. The first-order valence-electron chi connectivity index (χ1n) is 5.67. The van der Waals surface area contributed by atoms with Gasteiger partial charge in [0.05, 0.1) is 15.5 Å². The van der Waals surface area contributed by atoms with Gasteiger partial charge in [-0.25, -0.2) is 4.98 Å². The van der Waals surface area contributed by atoms with Gasteiger partial charge in [0, 0.05) is 12.1 Å². The molecule has 0 atom stereocenters. The molecule has 2 rings (SSSR count). The van der Waals surface area contributed by atoms with E-state index in [1.165, 1.54) is 24.3 Å². The van der Waals surface area contributed by atoms with E-state index >= 15 is 0 Å². The van der Waals surface area contributed by atoms with E-state index in [4.69, 9.17) is 5.73 Å². The lowest BCUT2D eigenvalue weighted by Gasteiger charge is -1.94. The first kappa shape index (κ1) is 13.9. The van der Waals surface area contributed by atoms with Gasteiger partial charge < -0.3 is 5.73 Å². The highest BCUT2D eigenvalue weighted by molar-refractivity contribution is 7.17. The summed E-state index contributed by atoms with van der Waals surface area (Å²) in [6.07, 6.45) is 2.89. The topological polar surface area (TPSA) is 99.1 Å². The number of nitrogens with two attached hydrogens (primary N) is 1. The third kappa shape index (κ3) is 3.07. The zero-order valence-corrected chi connectivity index (χ0v) is 11.4. The largest absolute Gasteiger partial charge is 0.375 e. The first-order valence-corrected chi connectivity index (χ1v) is 6.49. The molecular formula is C13H11N3O3S. The van der Waals surface area contributed by atoms with Crippen molar-refractivity contribution in [3.8, 4) is 0 Å². The molecule has 0 fully saturated rings. The molecule has 0 bridgehead atoms. The SMILES string of the molecule is Cc1nc(N)sc1C(=O)/C=C/c1cccc([N+](=O)[O-])c1. The van der Waals surface area contributed by atoms with Crippen LogP contribution < -0.4 is 5.73 Å². The third-order valence-electron chi connectivity index (χ3n) is 2.55. The number of rotatable bonds is 4. The number of nitrogens with zero attached hydrogens (tertiary/aromatic N) is 2. The summed E-state index contributed by atoms with van der Waals surface area (Å²) in [5.74, 6) is -0.219. The molecule has 1 aromatic heterocycles. The minimum Gasteiger partial charge on any atom is -0.375 e. The lowest BCUT2D eigenvalue weighted by Crippen LogP contribution is -1.93. The van der Waals surface area contributed by atoms with E-state index < -0.39 is 4.92 Å². The average Bonchev–Trinajstić information content (AvgIpc) is 2.75. The van der Waals surface area contributed by atoms with Crippen LogP contribution in [0.3, 0.4) is 0 Å². The van der Waals surface area contributed by atoms with E-state index in [1.54, 1.807) is 19.1 Å². The zero-order valence-electron chi connectivity index (χ0n) is 10.6. The van der Waals surface area contributed by atoms with Crippen LogP contribution in [-0.2, 0) is 0 Å². The molecule has 0 radical (unpaired) electrons. The molecular weight excluding hydrogens is 278 g/mol. The Morgan fingerprint density at radius 3 is 2.85 bits per heavy atom. The minimum atomic E-state index is -0.479. The Kier molecular flexibility index (Phi) is 3.90. The van der Waals surface area contributed by atoms with Crippen LogP contribution in [0, 0.1) is 17.0 Å². The predicted octanol–water partition coefficient (Wildman–Crippen LogP) is 2.84. The number of carbonyl (C=O) groups is 1. The van der Waals surface area contributed by atoms with Crippen LogP contribution in [0.15, 0.2) is 30.3 Å². The maximum absolute atomic E-state index is 12.0. The fraction of sp³-hybridized carbons (Fsp3) is 0.0769. The smallest absolute Gasteiger partial charge is 0.270 e. The number of non-ortho nitro benzene ring substituents is 1. The molecule has 0 spiro atoms. The number of aromatic nitrogens is 1. The Morgan fingerprint density at radius 1 is 1.50 bits per heavy atom. The van der Waals surface area contributed by atoms with E-state index in [2.05, 4.69) is 4.98 Å². The van der Waals surface area contributed by atoms with Gasteiger partial charge in [-0.05, 0) is 18.6 Å². The van der Waals surface area contributed by atoms with Gasteiger partial charge in [-0.15, -0.1) is 0 Å². The molecule has 0 aliphatic carbocycles. The van der Waals surface area contributed by atoms with Crippen molar-refractivity contribution in [2.45, 2.75) is 6.92 Å². The maximum atomic E-state index is 12.0. The van der Waals surface area contributed by atoms with Crippen molar-refractivity contribution in [3.05, 3.63) is 56.6 Å². The summed E-state index contributed by atoms with van der Waals surface area (Å²) in [6.45, 7) is 1.71. The summed E-state index contributed by atoms with van der Waals surface area (Å²) in [6, 6.07) is 6.05. The maximum Gasteiger partial charge on any atom is 0.270 e. The number of nitro benzene ring substituents is 1. The van der Waals surface area contributed by atoms with Crippen molar-refractivity contribution in [1.82, 2.24) is 4.98 Å². The second-order valence-electron chi connectivity index (χ2n) is 4.02. The zero-order chi connectivity index (χ0) is 14.7. The molecule has 2 N–H and O–H groups in total. The summed E-state index contributed by atoms with van der Waals surface area (Å²) in [4.78, 5) is 26.6. The van der Waals surface area contributed by atoms with E-state index in [0.29, 0.717) is 21.3 Å². The molecule has 1 heterocycles. The number of thiazole rings is 1. The molecule has 102 valence electrons. The Labute approximate surface area is 118 Å². The number of hydrogen-bond acceptors (Lipinski definition) is 6. The van der Waals surface area contributed by atoms with Crippen molar-refractivity contribution in [2.24, 2.45) is 0 Å². The molecule has 6 nitrogen and oxygen atoms in total. The summed E-state index contributed by atoms with van der Waals surface area (Å²) >= 11 is 1.12. The second-order valence-corrected chi connectivity index (χ2v) is 5.05. The summed E-state index contributed by atoms with van der Waals surface area (Å²) in [5.41, 5.74) is 6.69. The van der Waals surface area contributed by atoms with Crippen LogP contribution in [0.2, 0.25) is 0 Å². The van der Waals surface area contributed by atoms with Crippen LogP contribution in [0.25, 0.3) is 6.08 Å². The number of carbonyl (C=O) groups excluding carboxylic acids is 1. The monoisotopic (exact) mass is 289 g/mol. The molecule has 2 aromatic rings. The lowest BCUT2D eigenvalue weighted by molar-refractivity contribution is -0.384. The van der Waals surface area contributed by atoms with Gasteiger partial charge in [0.1, 0.15) is 0 Å². The second kappa shape index (κ2) is 5.62. The molecule has 0 saturated heterocycles. The van der Waals surface area contributed by atoms with Crippen LogP contribution in [0.5, 0.6) is 0 Å². The number of benzene rings is 1. The van der Waals surface area contributed by atoms with Crippen LogP contribution >= 0.6 is 11.3 Å². The summed E-state index contributed by atoms with van der Waals surface area (Å²) in [5, 5.41) is 11.0. The Balaban J connectivity index is 2.21. The van der Waals surface area contributed by atoms with Gasteiger partial charge in [0.15, 0.2) is 10.9 Å². The van der Waals surface area contributed by atoms with Gasteiger partial charge >= 0.3 is 0 Å². The van der Waals surface area contributed by atoms with E-state index in [9.17, 15) is 14.9 Å². The predicted molar refractivity (Wildman–Crippen MR) is 77.7 cm³/mol. The van der Waals surface area contributed by atoms with Crippen LogP contribution in [-0.4, -0.2) is 15.7 Å². The summed E-state index contributed by atoms with van der Waals surface area (Å²) < 4.78 is 0. The average molecular weight is 289 g/mol. The molecule has 0 aliphatic rings. The normalized spacial score (nSPS) is 10.8. The highest BCUT2D eigenvalue weighted by Gasteiger charge is 2.11. The van der Waals surface area contributed by atoms with Crippen molar-refractivity contribution < 1.29 is 9.72 Å². The molecule has 0 saturated carbocycles. The first-order chi connectivity index (χ1) is 9.47. The van der Waals surface area contributed by atoms with E-state index in [1.807, 2.05) is 0 Å². The van der Waals surface area contributed by atoms with Crippen molar-refractivity contribution in [3.63, 3.8) is 0 Å². The van der Waals surface area contributed by atoms with Crippen molar-refractivity contribution >= 4 is 34.0 Å². The fourth-order valence-electron chi connectivity index (χ4n) is 1.64. The van der Waals surface area contributed by atoms with E-state index in [-0.39, 0.29) is 11.5 Å². The van der Waals surface area contributed by atoms with Gasteiger partial charge in [-0.2, -0.15) is 0 Å². The van der Waals surface area contributed by atoms with Crippen molar-refractivity contribution in [1.29, 1.82) is 0 Å². The number of ketones is 1. The number of nitro groups is 1. The van der Waals surface area contributed by atoms with E-state index in [0.717, 1.165) is 11.3 Å². The third-order valence-corrected chi connectivity index (χ3v) is 3.55. The number of aryl methyl sites for hydroxylation is 1. The number of nitrogen functional groups attached to an aromatic ring is 1. The van der Waals surface area contributed by atoms with Crippen LogP contribution in [0.4, 0.5) is 10.8 Å². The van der Waals surface area contributed by atoms with Crippen LogP contribution in [0.1, 0.15) is 20.9 Å². The number of hydrogen-bond donors (Lipinski definition) is 1. The Hall–Kier alpha value is -2.54. The standard InChI is InChI=1S/C13H11N3O3S/c1-8-12(20-13(14)15-8)11(17)6-5-9-3-2-4-10(7-9)16(18)19/h2-7H,1H3,(H2,14,15)/b6-5+. The Bertz CT molecular complexity index is 707. The fourth-order valence-corrected chi connectivity index (χ4v) is 2.39. The number of allylic oxidation sites excluding steroid dienone is 1. The molecule has 20 heavy (non-hydrogen) atoms. The number of anilines is 1. The lowest BCUT2D eigenvalue weighted by atomic mass is 10.1. The molecule has 7 heteroatoms. The van der Waals surface area contributed by atoms with Gasteiger partial charge in [-0.1, -0.05) is 29.5 Å². The molecule has 0 aliphatic heterocycles. The molecule has 0 unspecified atom stereocenters. The Morgan fingerprint density at radius 2 is 2.25 bits per heavy atom. The summed E-state index contributed by atoms with van der Waals surface area (Å²) in [7, 11) is 0. The van der Waals surface area contributed by atoms with Gasteiger partial charge in [0.2, 0.25) is 0 Å². The van der Waals surface area contributed by atoms with Gasteiger partial charge in [-0.3, -0.25) is 14.9 Å². The molecule has 0 amide bonds. The van der Waals surface area contributed by atoms with Gasteiger partial charge in [0.25, 0.3) is 5.69 Å². The highest BCUT2D eigenvalue weighted by Crippen LogP contribution is 2.21. The van der Waals surface area contributed by atoms with Crippen molar-refractivity contribution in [2.75, 3.05) is 5.73 Å². The highest BCUT2D eigenvalue weighted by atomic mass is 32.1.